The normalized spacial score (nSPS) is 16.7. The third kappa shape index (κ3) is 1.61. The van der Waals surface area contributed by atoms with Crippen LogP contribution in [0.3, 0.4) is 0 Å². The predicted molar refractivity (Wildman–Crippen MR) is 47.8 cm³/mol. The lowest BCUT2D eigenvalue weighted by Crippen LogP contribution is -2.15. The number of rotatable bonds is 2. The molecule has 3 nitrogen and oxygen atoms in total. The summed E-state index contributed by atoms with van der Waals surface area (Å²) in [5.41, 5.74) is 0. The Bertz CT molecular complexity index is 260. The fraction of sp³-hybridized carbons (Fsp3) is 0.333. The molecule has 1 aliphatic rings. The Morgan fingerprint density at radius 3 is 2.83 bits per heavy atom. The summed E-state index contributed by atoms with van der Waals surface area (Å²) in [5.74, 6) is 0.867. The van der Waals surface area contributed by atoms with E-state index in [1.807, 2.05) is 12.1 Å². The number of nitrogens with one attached hydrogen (secondary N) is 1. The van der Waals surface area contributed by atoms with Crippen molar-refractivity contribution in [3.63, 3.8) is 0 Å². The van der Waals surface area contributed by atoms with Crippen LogP contribution < -0.4 is 5.32 Å². The summed E-state index contributed by atoms with van der Waals surface area (Å²) in [6.45, 7) is 0. The van der Waals surface area contributed by atoms with Crippen molar-refractivity contribution in [2.24, 2.45) is 0 Å². The molecule has 62 valence electrons. The first-order valence-corrected chi connectivity index (χ1v) is 4.14. The van der Waals surface area contributed by atoms with Gasteiger partial charge in [0.2, 0.25) is 0 Å². The van der Waals surface area contributed by atoms with E-state index in [1.165, 1.54) is 0 Å². The molecule has 1 aromatic rings. The first kappa shape index (κ1) is 7.28. The number of nitrogens with zero attached hydrogens (tertiary/aromatic N) is 2. The third-order valence-electron chi connectivity index (χ3n) is 1.93. The van der Waals surface area contributed by atoms with Crippen LogP contribution in [0.1, 0.15) is 12.8 Å². The highest BCUT2D eigenvalue weighted by Gasteiger charge is 2.09. The van der Waals surface area contributed by atoms with Gasteiger partial charge >= 0.3 is 0 Å². The first-order valence-electron chi connectivity index (χ1n) is 4.14. The largest absolute Gasteiger partial charge is 0.365 e. The van der Waals surface area contributed by atoms with Gasteiger partial charge in [-0.3, -0.25) is 0 Å². The summed E-state index contributed by atoms with van der Waals surface area (Å²) in [7, 11) is 0. The molecule has 3 heteroatoms. The maximum absolute atomic E-state index is 3.95. The minimum atomic E-state index is 0.515. The summed E-state index contributed by atoms with van der Waals surface area (Å²) in [6.07, 6.45) is 8.24. The Kier molecular flexibility index (Phi) is 2.03. The molecule has 0 radical (unpaired) electrons. The average molecular weight is 161 g/mol. The molecule has 0 atom stereocenters. The van der Waals surface area contributed by atoms with Gasteiger partial charge in [0.25, 0.3) is 0 Å². The van der Waals surface area contributed by atoms with Crippen molar-refractivity contribution in [3.05, 3.63) is 30.5 Å². The standard InChI is InChI=1S/C9H11N3/c1-2-5-8(4-1)11-9-6-3-7-10-12-9/h1-3,6-8H,4-5H2,(H,11,12). The zero-order valence-corrected chi connectivity index (χ0v) is 6.77. The van der Waals surface area contributed by atoms with E-state index in [1.54, 1.807) is 6.20 Å². The second kappa shape index (κ2) is 3.34. The van der Waals surface area contributed by atoms with Crippen molar-refractivity contribution >= 4 is 5.82 Å². The molecule has 0 aliphatic heterocycles. The Hall–Kier alpha value is -1.38. The Labute approximate surface area is 71.5 Å². The molecule has 2 rings (SSSR count). The molecule has 0 aromatic carbocycles. The lowest BCUT2D eigenvalue weighted by atomic mass is 10.2. The molecule has 0 spiro atoms. The summed E-state index contributed by atoms with van der Waals surface area (Å²) in [4.78, 5) is 0. The molecule has 0 fully saturated rings. The summed E-state index contributed by atoms with van der Waals surface area (Å²) < 4.78 is 0. The van der Waals surface area contributed by atoms with Crippen molar-refractivity contribution in [3.8, 4) is 0 Å². The lowest BCUT2D eigenvalue weighted by Gasteiger charge is -2.10. The molecular weight excluding hydrogens is 150 g/mol. The fourth-order valence-corrected chi connectivity index (χ4v) is 1.32. The Balaban J connectivity index is 1.95. The van der Waals surface area contributed by atoms with Crippen molar-refractivity contribution in [1.82, 2.24) is 10.2 Å². The molecule has 0 bridgehead atoms. The van der Waals surface area contributed by atoms with Gasteiger partial charge in [-0.25, -0.2) is 0 Å². The van der Waals surface area contributed by atoms with Crippen LogP contribution in [0.15, 0.2) is 30.5 Å². The van der Waals surface area contributed by atoms with E-state index < -0.39 is 0 Å². The van der Waals surface area contributed by atoms with E-state index in [-0.39, 0.29) is 0 Å². The van der Waals surface area contributed by atoms with Gasteiger partial charge in [-0.2, -0.15) is 5.10 Å². The number of aromatic nitrogens is 2. The van der Waals surface area contributed by atoms with E-state index in [4.69, 9.17) is 0 Å². The maximum Gasteiger partial charge on any atom is 0.148 e. The highest BCUT2D eigenvalue weighted by molar-refractivity contribution is 5.34. The van der Waals surface area contributed by atoms with Gasteiger partial charge in [-0.1, -0.05) is 12.2 Å². The molecule has 0 saturated carbocycles. The second-order valence-electron chi connectivity index (χ2n) is 2.89. The fourth-order valence-electron chi connectivity index (χ4n) is 1.32. The molecule has 1 aliphatic carbocycles. The van der Waals surface area contributed by atoms with E-state index in [0.29, 0.717) is 6.04 Å². The van der Waals surface area contributed by atoms with Crippen LogP contribution in [-0.4, -0.2) is 16.2 Å². The zero-order valence-electron chi connectivity index (χ0n) is 6.77. The van der Waals surface area contributed by atoms with Gasteiger partial charge in [0.1, 0.15) is 5.82 Å². The van der Waals surface area contributed by atoms with Crippen LogP contribution in [0, 0.1) is 0 Å². The van der Waals surface area contributed by atoms with Gasteiger partial charge in [0.05, 0.1) is 0 Å². The van der Waals surface area contributed by atoms with Crippen molar-refractivity contribution < 1.29 is 0 Å². The van der Waals surface area contributed by atoms with E-state index >= 15 is 0 Å². The van der Waals surface area contributed by atoms with E-state index in [2.05, 4.69) is 27.7 Å². The van der Waals surface area contributed by atoms with E-state index in [0.717, 1.165) is 18.7 Å². The van der Waals surface area contributed by atoms with Crippen molar-refractivity contribution in [2.45, 2.75) is 18.9 Å². The molecular formula is C9H11N3. The number of anilines is 1. The molecule has 0 amide bonds. The molecule has 0 unspecified atom stereocenters. The van der Waals surface area contributed by atoms with Gasteiger partial charge in [0, 0.05) is 12.2 Å². The van der Waals surface area contributed by atoms with Crippen LogP contribution in [0.25, 0.3) is 0 Å². The SMILES string of the molecule is C1=CCC(Nc2cccnn2)C1. The van der Waals surface area contributed by atoms with Crippen molar-refractivity contribution in [1.29, 1.82) is 0 Å². The van der Waals surface area contributed by atoms with Crippen LogP contribution in [-0.2, 0) is 0 Å². The molecule has 1 aromatic heterocycles. The van der Waals surface area contributed by atoms with Gasteiger partial charge in [-0.15, -0.1) is 5.10 Å². The smallest absolute Gasteiger partial charge is 0.148 e. The highest BCUT2D eigenvalue weighted by atomic mass is 15.2. The van der Waals surface area contributed by atoms with Gasteiger partial charge < -0.3 is 5.32 Å². The van der Waals surface area contributed by atoms with Gasteiger partial charge in [-0.05, 0) is 25.0 Å². The Morgan fingerprint density at radius 1 is 1.33 bits per heavy atom. The average Bonchev–Trinajstić information content (AvgIpc) is 2.59. The number of hydrogen-bond donors (Lipinski definition) is 1. The third-order valence-corrected chi connectivity index (χ3v) is 1.93. The Morgan fingerprint density at radius 2 is 2.17 bits per heavy atom. The molecule has 1 N–H and O–H groups in total. The quantitative estimate of drug-likeness (QED) is 0.669. The van der Waals surface area contributed by atoms with Crippen LogP contribution in [0.5, 0.6) is 0 Å². The second-order valence-corrected chi connectivity index (χ2v) is 2.89. The molecule has 12 heavy (non-hydrogen) atoms. The monoisotopic (exact) mass is 161 g/mol. The van der Waals surface area contributed by atoms with E-state index in [9.17, 15) is 0 Å². The first-order chi connectivity index (χ1) is 5.95. The molecule has 1 heterocycles. The minimum absolute atomic E-state index is 0.515. The predicted octanol–water partition coefficient (Wildman–Crippen LogP) is 1.61. The summed E-state index contributed by atoms with van der Waals surface area (Å²) in [5, 5.41) is 11.1. The van der Waals surface area contributed by atoms with Crippen LogP contribution in [0.4, 0.5) is 5.82 Å². The topological polar surface area (TPSA) is 37.8 Å². The van der Waals surface area contributed by atoms with Crippen LogP contribution >= 0.6 is 0 Å². The maximum atomic E-state index is 3.95. The minimum Gasteiger partial charge on any atom is -0.365 e. The zero-order chi connectivity index (χ0) is 8.23. The highest BCUT2D eigenvalue weighted by Crippen LogP contribution is 2.13. The van der Waals surface area contributed by atoms with Crippen LogP contribution in [0.2, 0.25) is 0 Å². The molecule has 0 saturated heterocycles. The summed E-state index contributed by atoms with van der Waals surface area (Å²) in [6, 6.07) is 4.34. The summed E-state index contributed by atoms with van der Waals surface area (Å²) >= 11 is 0. The lowest BCUT2D eigenvalue weighted by molar-refractivity contribution is 0.775. The van der Waals surface area contributed by atoms with Gasteiger partial charge in [0.15, 0.2) is 0 Å². The number of hydrogen-bond acceptors (Lipinski definition) is 3. The van der Waals surface area contributed by atoms with Crippen molar-refractivity contribution in [2.75, 3.05) is 5.32 Å².